The zero-order valence-electron chi connectivity index (χ0n) is 12.8. The van der Waals surface area contributed by atoms with E-state index < -0.39 is 5.97 Å². The molecule has 0 atom stereocenters. The highest BCUT2D eigenvalue weighted by molar-refractivity contribution is 5.91. The van der Waals surface area contributed by atoms with Gasteiger partial charge in [-0.1, -0.05) is 26.3 Å². The van der Waals surface area contributed by atoms with E-state index in [1.54, 1.807) is 6.08 Å². The highest BCUT2D eigenvalue weighted by Crippen LogP contribution is 2.25. The lowest BCUT2D eigenvalue weighted by Gasteiger charge is -2.33. The van der Waals surface area contributed by atoms with Crippen LogP contribution < -0.4 is 0 Å². The monoisotopic (exact) mass is 283 g/mol. The van der Waals surface area contributed by atoms with Crippen molar-refractivity contribution in [3.63, 3.8) is 0 Å². The van der Waals surface area contributed by atoms with Crippen molar-refractivity contribution >= 4 is 11.9 Å². The smallest absolute Gasteiger partial charge is 0.323 e. The molecule has 0 radical (unpaired) electrons. The molecule has 5 heteroatoms. The molecule has 1 aliphatic rings. The largest absolute Gasteiger partial charge is 0.480 e. The lowest BCUT2D eigenvalue weighted by Crippen LogP contribution is -2.45. The number of rotatable bonds is 4. The zero-order valence-corrected chi connectivity index (χ0v) is 12.8. The van der Waals surface area contributed by atoms with Gasteiger partial charge in [0, 0.05) is 25.3 Å². The third kappa shape index (κ3) is 4.96. The second-order valence-electron chi connectivity index (χ2n) is 6.28. The van der Waals surface area contributed by atoms with Gasteiger partial charge >= 0.3 is 5.97 Å². The average molecular weight is 283 g/mol. The number of hydrogen-bond donors (Lipinski definition) is 1. The highest BCUT2D eigenvalue weighted by atomic mass is 16.5. The van der Waals surface area contributed by atoms with Gasteiger partial charge in [0.2, 0.25) is 5.91 Å². The Balaban J connectivity index is 2.87. The summed E-state index contributed by atoms with van der Waals surface area (Å²) in [6, 6.07) is -0.0450. The van der Waals surface area contributed by atoms with Gasteiger partial charge in [0.25, 0.3) is 0 Å². The summed E-state index contributed by atoms with van der Waals surface area (Å²) in [4.78, 5) is 24.8. The van der Waals surface area contributed by atoms with Crippen LogP contribution in [0.4, 0.5) is 0 Å². The molecule has 0 aliphatic carbocycles. The molecule has 1 heterocycles. The fraction of sp³-hybridized carbons (Fsp3) is 0.733. The van der Waals surface area contributed by atoms with Crippen LogP contribution in [0.1, 0.15) is 40.5 Å². The van der Waals surface area contributed by atoms with Gasteiger partial charge in [-0.05, 0) is 25.2 Å². The van der Waals surface area contributed by atoms with Gasteiger partial charge in [-0.25, -0.2) is 0 Å². The standard InChI is InChI=1S/C15H25NO4/c1-11(15(2,3)4)9-13(17)16(10-14(18)19)12-5-7-20-8-6-12/h9,12H,5-8,10H2,1-4H3,(H,18,19). The fourth-order valence-electron chi connectivity index (χ4n) is 2.01. The molecule has 0 unspecified atom stereocenters. The van der Waals surface area contributed by atoms with E-state index in [1.165, 1.54) is 4.90 Å². The molecule has 1 aliphatic heterocycles. The number of aliphatic carboxylic acids is 1. The van der Waals surface area contributed by atoms with E-state index in [9.17, 15) is 9.59 Å². The molecule has 0 aromatic carbocycles. The minimum Gasteiger partial charge on any atom is -0.480 e. The number of allylic oxidation sites excluding steroid dienone is 1. The third-order valence-electron chi connectivity index (χ3n) is 3.74. The summed E-state index contributed by atoms with van der Waals surface area (Å²) in [7, 11) is 0. The van der Waals surface area contributed by atoms with Gasteiger partial charge in [-0.3, -0.25) is 9.59 Å². The Labute approximate surface area is 120 Å². The topological polar surface area (TPSA) is 66.8 Å². The Morgan fingerprint density at radius 2 is 1.85 bits per heavy atom. The van der Waals surface area contributed by atoms with Gasteiger partial charge in [0.1, 0.15) is 6.54 Å². The van der Waals surface area contributed by atoms with Crippen LogP contribution in [0.25, 0.3) is 0 Å². The molecule has 114 valence electrons. The highest BCUT2D eigenvalue weighted by Gasteiger charge is 2.27. The van der Waals surface area contributed by atoms with Crippen LogP contribution in [0.15, 0.2) is 11.6 Å². The molecule has 0 saturated carbocycles. The fourth-order valence-corrected chi connectivity index (χ4v) is 2.01. The van der Waals surface area contributed by atoms with Crippen molar-refractivity contribution in [1.82, 2.24) is 4.90 Å². The van der Waals surface area contributed by atoms with Gasteiger partial charge < -0.3 is 14.7 Å². The number of ether oxygens (including phenoxy) is 1. The van der Waals surface area contributed by atoms with Crippen molar-refractivity contribution in [3.8, 4) is 0 Å². The first kappa shape index (κ1) is 16.7. The van der Waals surface area contributed by atoms with E-state index in [4.69, 9.17) is 9.84 Å². The Morgan fingerprint density at radius 1 is 1.30 bits per heavy atom. The zero-order chi connectivity index (χ0) is 15.3. The Bertz CT molecular complexity index is 389. The molecule has 1 rings (SSSR count). The Hall–Kier alpha value is -1.36. The number of hydrogen-bond acceptors (Lipinski definition) is 3. The molecule has 1 fully saturated rings. The predicted octanol–water partition coefficient (Wildman–Crippen LogP) is 2.07. The van der Waals surface area contributed by atoms with Crippen LogP contribution in [0, 0.1) is 5.41 Å². The summed E-state index contributed by atoms with van der Waals surface area (Å²) in [6.45, 7) is 8.90. The SMILES string of the molecule is CC(=CC(=O)N(CC(=O)O)C1CCOCC1)C(C)(C)C. The molecule has 1 N–H and O–H groups in total. The molecule has 0 aromatic rings. The van der Waals surface area contributed by atoms with Crippen LogP contribution in [0.2, 0.25) is 0 Å². The molecule has 0 spiro atoms. The molecular formula is C15H25NO4. The van der Waals surface area contributed by atoms with Crippen LogP contribution in [-0.2, 0) is 14.3 Å². The minimum atomic E-state index is -0.980. The number of carboxylic acid groups (broad SMARTS) is 1. The summed E-state index contributed by atoms with van der Waals surface area (Å²) in [5.74, 6) is -1.20. The van der Waals surface area contributed by atoms with Gasteiger partial charge in [0.15, 0.2) is 0 Å². The molecule has 20 heavy (non-hydrogen) atoms. The van der Waals surface area contributed by atoms with Crippen LogP contribution in [0.3, 0.4) is 0 Å². The molecular weight excluding hydrogens is 258 g/mol. The van der Waals surface area contributed by atoms with Crippen LogP contribution in [-0.4, -0.2) is 47.7 Å². The van der Waals surface area contributed by atoms with E-state index in [-0.39, 0.29) is 23.9 Å². The Morgan fingerprint density at radius 3 is 2.30 bits per heavy atom. The van der Waals surface area contributed by atoms with Crippen LogP contribution >= 0.6 is 0 Å². The normalized spacial score (nSPS) is 17.9. The van der Waals surface area contributed by atoms with E-state index in [0.29, 0.717) is 26.1 Å². The van der Waals surface area contributed by atoms with Crippen molar-refractivity contribution in [2.75, 3.05) is 19.8 Å². The first-order chi connectivity index (χ1) is 9.21. The third-order valence-corrected chi connectivity index (χ3v) is 3.74. The summed E-state index contributed by atoms with van der Waals surface area (Å²) < 4.78 is 5.27. The van der Waals surface area contributed by atoms with Crippen molar-refractivity contribution < 1.29 is 19.4 Å². The summed E-state index contributed by atoms with van der Waals surface area (Å²) >= 11 is 0. The maximum atomic E-state index is 12.4. The molecule has 1 amide bonds. The molecule has 0 bridgehead atoms. The summed E-state index contributed by atoms with van der Waals surface area (Å²) in [6.07, 6.45) is 2.96. The van der Waals surface area contributed by atoms with Gasteiger partial charge in [-0.15, -0.1) is 0 Å². The molecule has 5 nitrogen and oxygen atoms in total. The van der Waals surface area contributed by atoms with Crippen molar-refractivity contribution in [1.29, 1.82) is 0 Å². The maximum absolute atomic E-state index is 12.4. The van der Waals surface area contributed by atoms with Crippen molar-refractivity contribution in [3.05, 3.63) is 11.6 Å². The van der Waals surface area contributed by atoms with E-state index in [1.807, 2.05) is 27.7 Å². The molecule has 0 aromatic heterocycles. The van der Waals surface area contributed by atoms with Crippen LogP contribution in [0.5, 0.6) is 0 Å². The number of nitrogens with zero attached hydrogens (tertiary/aromatic N) is 1. The maximum Gasteiger partial charge on any atom is 0.323 e. The number of amides is 1. The van der Waals surface area contributed by atoms with Gasteiger partial charge in [0.05, 0.1) is 0 Å². The Kier molecular flexibility index (Phi) is 5.74. The van der Waals surface area contributed by atoms with E-state index in [2.05, 4.69) is 0 Å². The first-order valence-electron chi connectivity index (χ1n) is 7.00. The minimum absolute atomic E-state index is 0.0450. The lowest BCUT2D eigenvalue weighted by molar-refractivity contribution is -0.145. The van der Waals surface area contributed by atoms with E-state index in [0.717, 1.165) is 5.57 Å². The van der Waals surface area contributed by atoms with Crippen molar-refractivity contribution in [2.24, 2.45) is 5.41 Å². The summed E-state index contributed by atoms with van der Waals surface area (Å²) in [5, 5.41) is 9.01. The summed E-state index contributed by atoms with van der Waals surface area (Å²) in [5.41, 5.74) is 0.852. The lowest BCUT2D eigenvalue weighted by atomic mass is 9.87. The number of carbonyl (C=O) groups is 2. The second-order valence-corrected chi connectivity index (χ2v) is 6.28. The van der Waals surface area contributed by atoms with Crippen molar-refractivity contribution in [2.45, 2.75) is 46.6 Å². The number of carboxylic acids is 1. The predicted molar refractivity (Wildman–Crippen MR) is 76.4 cm³/mol. The van der Waals surface area contributed by atoms with Gasteiger partial charge in [-0.2, -0.15) is 0 Å². The average Bonchev–Trinajstić information content (AvgIpc) is 2.35. The van der Waals surface area contributed by atoms with E-state index >= 15 is 0 Å². The molecule has 1 saturated heterocycles. The second kappa shape index (κ2) is 6.88. The quantitative estimate of drug-likeness (QED) is 0.802. The number of carbonyl (C=O) groups excluding carboxylic acids is 1. The first-order valence-corrected chi connectivity index (χ1v) is 7.00.